The van der Waals surface area contributed by atoms with E-state index in [2.05, 4.69) is 0 Å². The number of phenolic OH excluding ortho intramolecular Hbond substituents is 1. The molecule has 0 unspecified atom stereocenters. The summed E-state index contributed by atoms with van der Waals surface area (Å²) < 4.78 is 1.98. The van der Waals surface area contributed by atoms with E-state index < -0.39 is 11.2 Å². The molecular formula is C13H14N2O4. The zero-order valence-corrected chi connectivity index (χ0v) is 10.6. The largest absolute Gasteiger partial charge is 0.508 e. The Hall–Kier alpha value is -2.50. The average molecular weight is 262 g/mol. The van der Waals surface area contributed by atoms with Gasteiger partial charge in [0.1, 0.15) is 5.75 Å². The predicted octanol–water partition coefficient (Wildman–Crippen LogP) is 0.0860. The van der Waals surface area contributed by atoms with Crippen LogP contribution in [0.4, 0.5) is 0 Å². The van der Waals surface area contributed by atoms with Gasteiger partial charge in [-0.1, -0.05) is 12.1 Å². The quantitative estimate of drug-likeness (QED) is 0.803. The van der Waals surface area contributed by atoms with Gasteiger partial charge in [-0.2, -0.15) is 0 Å². The van der Waals surface area contributed by atoms with Crippen molar-refractivity contribution >= 4 is 0 Å². The maximum atomic E-state index is 12.0. The van der Waals surface area contributed by atoms with Gasteiger partial charge >= 0.3 is 5.69 Å². The molecule has 1 aromatic heterocycles. The molecule has 0 fully saturated rings. The molecule has 0 aliphatic heterocycles. The molecule has 1 aromatic carbocycles. The average Bonchev–Trinajstić information content (AvgIpc) is 2.41. The fourth-order valence-corrected chi connectivity index (χ4v) is 1.88. The number of hydrogen-bond acceptors (Lipinski definition) is 4. The van der Waals surface area contributed by atoms with E-state index in [0.29, 0.717) is 0 Å². The molecule has 0 amide bonds. The van der Waals surface area contributed by atoms with Crippen LogP contribution >= 0.6 is 0 Å². The topological polar surface area (TPSA) is 84.5 Å². The first-order valence-electron chi connectivity index (χ1n) is 5.67. The molecule has 0 radical (unpaired) electrons. The summed E-state index contributed by atoms with van der Waals surface area (Å²) in [5.41, 5.74) is -0.190. The monoisotopic (exact) mass is 262 g/mol. The molecule has 0 spiro atoms. The number of benzene rings is 1. The Kier molecular flexibility index (Phi) is 3.16. The number of aromatic hydroxyl groups is 2. The highest BCUT2D eigenvalue weighted by atomic mass is 16.3. The van der Waals surface area contributed by atoms with Crippen molar-refractivity contribution in [3.63, 3.8) is 0 Å². The number of phenols is 1. The molecule has 100 valence electrons. The van der Waals surface area contributed by atoms with E-state index in [1.165, 1.54) is 26.2 Å². The molecule has 2 aromatic rings. The second kappa shape index (κ2) is 4.64. The van der Waals surface area contributed by atoms with Crippen LogP contribution in [-0.2, 0) is 20.5 Å². The predicted molar refractivity (Wildman–Crippen MR) is 69.5 cm³/mol. The van der Waals surface area contributed by atoms with Gasteiger partial charge in [0.15, 0.2) is 0 Å². The van der Waals surface area contributed by atoms with Crippen LogP contribution in [0, 0.1) is 0 Å². The van der Waals surface area contributed by atoms with Crippen LogP contribution in [0.2, 0.25) is 0 Å². The van der Waals surface area contributed by atoms with Gasteiger partial charge in [0.25, 0.3) is 5.56 Å². The van der Waals surface area contributed by atoms with E-state index in [4.69, 9.17) is 0 Å². The first-order chi connectivity index (χ1) is 8.91. The normalized spacial score (nSPS) is 10.6. The highest BCUT2D eigenvalue weighted by molar-refractivity contribution is 5.33. The van der Waals surface area contributed by atoms with Gasteiger partial charge in [-0.25, -0.2) is 4.79 Å². The highest BCUT2D eigenvalue weighted by Crippen LogP contribution is 2.16. The summed E-state index contributed by atoms with van der Waals surface area (Å²) in [7, 11) is 2.77. The smallest absolute Gasteiger partial charge is 0.333 e. The summed E-state index contributed by atoms with van der Waals surface area (Å²) in [6.07, 6.45) is 0.187. The number of hydrogen-bond donors (Lipinski definition) is 2. The summed E-state index contributed by atoms with van der Waals surface area (Å²) in [5.74, 6) is -0.206. The first-order valence-corrected chi connectivity index (χ1v) is 5.67. The van der Waals surface area contributed by atoms with E-state index in [1.54, 1.807) is 12.1 Å². The molecule has 0 atom stereocenters. The Morgan fingerprint density at radius 3 is 2.16 bits per heavy atom. The fourth-order valence-electron chi connectivity index (χ4n) is 1.88. The maximum absolute atomic E-state index is 12.0. The van der Waals surface area contributed by atoms with Gasteiger partial charge in [-0.15, -0.1) is 0 Å². The van der Waals surface area contributed by atoms with E-state index in [9.17, 15) is 19.8 Å². The third-order valence-electron chi connectivity index (χ3n) is 3.04. The second-order valence-corrected chi connectivity index (χ2v) is 4.35. The lowest BCUT2D eigenvalue weighted by Gasteiger charge is -2.10. The van der Waals surface area contributed by atoms with Crippen molar-refractivity contribution in [3.05, 3.63) is 56.2 Å². The highest BCUT2D eigenvalue weighted by Gasteiger charge is 2.15. The van der Waals surface area contributed by atoms with Crippen molar-refractivity contribution in [2.24, 2.45) is 14.1 Å². The lowest BCUT2D eigenvalue weighted by Crippen LogP contribution is -2.38. The van der Waals surface area contributed by atoms with Crippen molar-refractivity contribution in [1.82, 2.24) is 9.13 Å². The third-order valence-corrected chi connectivity index (χ3v) is 3.04. The Morgan fingerprint density at radius 2 is 1.58 bits per heavy atom. The number of aromatic nitrogens is 2. The van der Waals surface area contributed by atoms with Gasteiger partial charge in [0.2, 0.25) is 5.88 Å². The number of rotatable bonds is 2. The molecule has 6 nitrogen and oxygen atoms in total. The zero-order valence-electron chi connectivity index (χ0n) is 10.6. The molecule has 0 aliphatic rings. The van der Waals surface area contributed by atoms with Gasteiger partial charge in [-0.3, -0.25) is 13.9 Å². The molecule has 2 rings (SSSR count). The van der Waals surface area contributed by atoms with Crippen LogP contribution < -0.4 is 11.2 Å². The molecule has 0 aliphatic carbocycles. The second-order valence-electron chi connectivity index (χ2n) is 4.35. The third kappa shape index (κ3) is 2.24. The van der Waals surface area contributed by atoms with E-state index in [1.807, 2.05) is 0 Å². The summed E-state index contributed by atoms with van der Waals surface area (Å²) >= 11 is 0. The summed E-state index contributed by atoms with van der Waals surface area (Å²) in [4.78, 5) is 23.6. The van der Waals surface area contributed by atoms with Crippen molar-refractivity contribution in [1.29, 1.82) is 0 Å². The van der Waals surface area contributed by atoms with Crippen LogP contribution in [0.25, 0.3) is 0 Å². The minimum atomic E-state index is -0.572. The Morgan fingerprint density at radius 1 is 1.00 bits per heavy atom. The van der Waals surface area contributed by atoms with Crippen LogP contribution in [0.1, 0.15) is 11.1 Å². The standard InChI is InChI=1S/C13H14N2O4/c1-14-11(17)10(12(18)15(2)13(14)19)7-8-3-5-9(16)6-4-8/h3-6,16-17H,7H2,1-2H3. The lowest BCUT2D eigenvalue weighted by molar-refractivity contribution is 0.404. The van der Waals surface area contributed by atoms with Crippen molar-refractivity contribution < 1.29 is 10.2 Å². The molecule has 6 heteroatoms. The van der Waals surface area contributed by atoms with Crippen molar-refractivity contribution in [3.8, 4) is 11.6 Å². The van der Waals surface area contributed by atoms with Crippen LogP contribution in [0.3, 0.4) is 0 Å². The van der Waals surface area contributed by atoms with Crippen LogP contribution in [0.15, 0.2) is 33.9 Å². The number of nitrogens with zero attached hydrogens (tertiary/aromatic N) is 2. The Balaban J connectivity index is 2.55. The molecule has 19 heavy (non-hydrogen) atoms. The molecular weight excluding hydrogens is 248 g/mol. The minimum Gasteiger partial charge on any atom is -0.508 e. The molecule has 0 bridgehead atoms. The van der Waals surface area contributed by atoms with E-state index in [-0.39, 0.29) is 23.6 Å². The van der Waals surface area contributed by atoms with Crippen molar-refractivity contribution in [2.45, 2.75) is 6.42 Å². The fraction of sp³-hybridized carbons (Fsp3) is 0.231. The van der Waals surface area contributed by atoms with Gasteiger partial charge < -0.3 is 10.2 Å². The molecule has 2 N–H and O–H groups in total. The summed E-state index contributed by atoms with van der Waals surface area (Å²) in [5, 5.41) is 19.1. The first kappa shape index (κ1) is 12.9. The van der Waals surface area contributed by atoms with Gasteiger partial charge in [0.05, 0.1) is 5.56 Å². The maximum Gasteiger partial charge on any atom is 0.333 e. The zero-order chi connectivity index (χ0) is 14.2. The van der Waals surface area contributed by atoms with E-state index >= 15 is 0 Å². The van der Waals surface area contributed by atoms with Gasteiger partial charge in [0, 0.05) is 20.5 Å². The van der Waals surface area contributed by atoms with Crippen molar-refractivity contribution in [2.75, 3.05) is 0 Å². The van der Waals surface area contributed by atoms with E-state index in [0.717, 1.165) is 14.7 Å². The van der Waals surface area contributed by atoms with Crippen LogP contribution in [-0.4, -0.2) is 19.3 Å². The Labute approximate surface area is 108 Å². The Bertz CT molecular complexity index is 726. The molecule has 0 saturated carbocycles. The molecule has 0 saturated heterocycles. The lowest BCUT2D eigenvalue weighted by atomic mass is 10.1. The summed E-state index contributed by atoms with van der Waals surface area (Å²) in [6.45, 7) is 0. The summed E-state index contributed by atoms with van der Waals surface area (Å²) in [6, 6.07) is 6.30. The van der Waals surface area contributed by atoms with Crippen LogP contribution in [0.5, 0.6) is 11.6 Å². The SMILES string of the molecule is Cn1c(O)c(Cc2ccc(O)cc2)c(=O)n(C)c1=O. The van der Waals surface area contributed by atoms with Gasteiger partial charge in [-0.05, 0) is 17.7 Å². The minimum absolute atomic E-state index is 0.126. The molecule has 1 heterocycles.